The maximum atomic E-state index is 12.7. The molecule has 2 heterocycles. The Hall–Kier alpha value is -3.02. The number of nitrogens with zero attached hydrogens (tertiary/aromatic N) is 1. The molecule has 0 saturated heterocycles. The maximum absolute atomic E-state index is 12.7. The number of ether oxygens (including phenoxy) is 3. The minimum Gasteiger partial charge on any atom is -0.493 e. The van der Waals surface area contributed by atoms with E-state index in [9.17, 15) is 4.79 Å². The summed E-state index contributed by atoms with van der Waals surface area (Å²) >= 11 is 0. The Morgan fingerprint density at radius 2 is 1.74 bits per heavy atom. The third-order valence-corrected chi connectivity index (χ3v) is 3.56. The fourth-order valence-corrected chi connectivity index (χ4v) is 2.45. The number of fused-ring (bicyclic) bond motifs is 1. The van der Waals surface area contributed by atoms with Gasteiger partial charge in [0, 0.05) is 17.1 Å². The van der Waals surface area contributed by atoms with Crippen molar-refractivity contribution in [1.29, 1.82) is 0 Å². The number of pyridine rings is 1. The highest BCUT2D eigenvalue weighted by atomic mass is 16.5. The van der Waals surface area contributed by atoms with Crippen molar-refractivity contribution >= 4 is 16.8 Å². The molecule has 0 aliphatic heterocycles. The summed E-state index contributed by atoms with van der Waals surface area (Å²) in [4.78, 5) is 20.0. The monoisotopic (exact) mass is 312 g/mol. The number of nitrogens with one attached hydrogen (secondary N) is 1. The van der Waals surface area contributed by atoms with Gasteiger partial charge in [-0.05, 0) is 30.3 Å². The third kappa shape index (κ3) is 2.59. The summed E-state index contributed by atoms with van der Waals surface area (Å²) in [6.07, 6.45) is 1.67. The fraction of sp³-hybridized carbons (Fsp3) is 0.176. The molecule has 0 aliphatic rings. The predicted octanol–water partition coefficient (Wildman–Crippen LogP) is 2.82. The number of hydrogen-bond acceptors (Lipinski definition) is 5. The van der Waals surface area contributed by atoms with Crippen LogP contribution in [0.5, 0.6) is 17.2 Å². The van der Waals surface area contributed by atoms with Crippen LogP contribution in [0.25, 0.3) is 11.0 Å². The minimum absolute atomic E-state index is 0.178. The van der Waals surface area contributed by atoms with Crippen molar-refractivity contribution in [2.45, 2.75) is 0 Å². The van der Waals surface area contributed by atoms with Crippen LogP contribution < -0.4 is 14.2 Å². The van der Waals surface area contributed by atoms with Crippen LogP contribution in [-0.4, -0.2) is 37.1 Å². The summed E-state index contributed by atoms with van der Waals surface area (Å²) in [6, 6.07) is 8.74. The molecule has 0 aliphatic carbocycles. The van der Waals surface area contributed by atoms with Crippen LogP contribution in [0.1, 0.15) is 16.1 Å². The Labute approximate surface area is 133 Å². The molecular weight excluding hydrogens is 296 g/mol. The van der Waals surface area contributed by atoms with Gasteiger partial charge in [-0.1, -0.05) is 0 Å². The van der Waals surface area contributed by atoms with Crippen LogP contribution in [0.3, 0.4) is 0 Å². The molecule has 6 nitrogen and oxygen atoms in total. The molecule has 3 aromatic rings. The molecule has 0 amide bonds. The Morgan fingerprint density at radius 3 is 2.30 bits per heavy atom. The van der Waals surface area contributed by atoms with Crippen LogP contribution in [-0.2, 0) is 0 Å². The predicted molar refractivity (Wildman–Crippen MR) is 85.6 cm³/mol. The molecule has 118 valence electrons. The number of methoxy groups -OCH3 is 3. The number of aromatic amines is 1. The number of carbonyl (C=O) groups is 1. The summed E-state index contributed by atoms with van der Waals surface area (Å²) in [6.45, 7) is 0. The Bertz CT molecular complexity index is 812. The van der Waals surface area contributed by atoms with Gasteiger partial charge < -0.3 is 19.2 Å². The average Bonchev–Trinajstić information content (AvgIpc) is 3.03. The standard InChI is InChI=1S/C17H16N2O4/c1-21-13-8-11(9-14(22-2)16(13)23-3)15(20)12-7-10-5-4-6-18-17(10)19-12/h4-9H,1-3H3,(H,18,19). The van der Waals surface area contributed by atoms with Gasteiger partial charge in [-0.15, -0.1) is 0 Å². The van der Waals surface area contributed by atoms with Crippen LogP contribution >= 0.6 is 0 Å². The quantitative estimate of drug-likeness (QED) is 0.733. The van der Waals surface area contributed by atoms with Crippen LogP contribution in [0.4, 0.5) is 0 Å². The second-order valence-electron chi connectivity index (χ2n) is 4.87. The Morgan fingerprint density at radius 1 is 1.04 bits per heavy atom. The van der Waals surface area contributed by atoms with Crippen LogP contribution in [0.2, 0.25) is 0 Å². The third-order valence-electron chi connectivity index (χ3n) is 3.56. The van der Waals surface area contributed by atoms with Crippen LogP contribution in [0.15, 0.2) is 36.5 Å². The zero-order chi connectivity index (χ0) is 16.4. The van der Waals surface area contributed by atoms with E-state index in [1.807, 2.05) is 12.1 Å². The van der Waals surface area contributed by atoms with Crippen molar-refractivity contribution in [1.82, 2.24) is 9.97 Å². The molecule has 1 N–H and O–H groups in total. The first kappa shape index (κ1) is 14.9. The number of H-pyrrole nitrogens is 1. The molecule has 0 radical (unpaired) electrons. The Kier molecular flexibility index (Phi) is 3.89. The molecule has 1 aromatic carbocycles. The lowest BCUT2D eigenvalue weighted by atomic mass is 10.1. The Balaban J connectivity index is 2.08. The number of benzene rings is 1. The molecule has 3 rings (SSSR count). The molecule has 0 saturated carbocycles. The largest absolute Gasteiger partial charge is 0.493 e. The highest BCUT2D eigenvalue weighted by Gasteiger charge is 2.19. The van der Waals surface area contributed by atoms with E-state index in [4.69, 9.17) is 14.2 Å². The van der Waals surface area contributed by atoms with Gasteiger partial charge in [-0.3, -0.25) is 4.79 Å². The second-order valence-corrected chi connectivity index (χ2v) is 4.87. The smallest absolute Gasteiger partial charge is 0.209 e. The zero-order valence-corrected chi connectivity index (χ0v) is 13.0. The molecule has 0 atom stereocenters. The van der Waals surface area contributed by atoms with E-state index < -0.39 is 0 Å². The highest BCUT2D eigenvalue weighted by Crippen LogP contribution is 2.38. The van der Waals surface area contributed by atoms with Crippen molar-refractivity contribution in [2.75, 3.05) is 21.3 Å². The summed E-state index contributed by atoms with van der Waals surface area (Å²) in [5, 5.41) is 0.878. The van der Waals surface area contributed by atoms with Crippen LogP contribution in [0, 0.1) is 0 Å². The molecule has 0 unspecified atom stereocenters. The van der Waals surface area contributed by atoms with Gasteiger partial charge >= 0.3 is 0 Å². The van der Waals surface area contributed by atoms with E-state index in [1.54, 1.807) is 24.4 Å². The number of carbonyl (C=O) groups excluding carboxylic acids is 1. The number of aromatic nitrogens is 2. The molecule has 0 fully saturated rings. The van der Waals surface area contributed by atoms with E-state index >= 15 is 0 Å². The van der Waals surface area contributed by atoms with Gasteiger partial charge in [-0.25, -0.2) is 4.98 Å². The normalized spacial score (nSPS) is 10.6. The maximum Gasteiger partial charge on any atom is 0.209 e. The minimum atomic E-state index is -0.178. The first-order valence-electron chi connectivity index (χ1n) is 6.96. The SMILES string of the molecule is COc1cc(C(=O)c2cc3cccnc3[nH]2)cc(OC)c1OC. The van der Waals surface area contributed by atoms with Gasteiger partial charge in [0.15, 0.2) is 11.5 Å². The summed E-state index contributed by atoms with van der Waals surface area (Å²) in [5.74, 6) is 1.14. The first-order chi connectivity index (χ1) is 11.2. The highest BCUT2D eigenvalue weighted by molar-refractivity contribution is 6.10. The lowest BCUT2D eigenvalue weighted by Gasteiger charge is -2.13. The average molecular weight is 312 g/mol. The topological polar surface area (TPSA) is 73.4 Å². The van der Waals surface area contributed by atoms with Gasteiger partial charge in [0.05, 0.1) is 27.0 Å². The van der Waals surface area contributed by atoms with Crippen molar-refractivity contribution in [3.63, 3.8) is 0 Å². The van der Waals surface area contributed by atoms with Crippen molar-refractivity contribution in [3.8, 4) is 17.2 Å². The molecular formula is C17H16N2O4. The summed E-state index contributed by atoms with van der Waals surface area (Å²) in [5.41, 5.74) is 1.56. The fourth-order valence-electron chi connectivity index (χ4n) is 2.45. The summed E-state index contributed by atoms with van der Waals surface area (Å²) < 4.78 is 15.8. The number of rotatable bonds is 5. The molecule has 23 heavy (non-hydrogen) atoms. The van der Waals surface area contributed by atoms with Gasteiger partial charge in [-0.2, -0.15) is 0 Å². The van der Waals surface area contributed by atoms with E-state index in [2.05, 4.69) is 9.97 Å². The first-order valence-corrected chi connectivity index (χ1v) is 6.96. The van der Waals surface area contributed by atoms with Crippen molar-refractivity contribution in [2.24, 2.45) is 0 Å². The second kappa shape index (κ2) is 6.00. The van der Waals surface area contributed by atoms with E-state index in [-0.39, 0.29) is 5.78 Å². The summed E-state index contributed by atoms with van der Waals surface area (Å²) in [7, 11) is 4.54. The van der Waals surface area contributed by atoms with Gasteiger partial charge in [0.2, 0.25) is 11.5 Å². The van der Waals surface area contributed by atoms with E-state index in [0.717, 1.165) is 5.39 Å². The lowest BCUT2D eigenvalue weighted by Crippen LogP contribution is -2.04. The van der Waals surface area contributed by atoms with E-state index in [1.165, 1.54) is 21.3 Å². The van der Waals surface area contributed by atoms with Gasteiger partial charge in [0.25, 0.3) is 0 Å². The molecule has 6 heteroatoms. The molecule has 2 aromatic heterocycles. The van der Waals surface area contributed by atoms with Crippen molar-refractivity contribution in [3.05, 3.63) is 47.8 Å². The van der Waals surface area contributed by atoms with Crippen molar-refractivity contribution < 1.29 is 19.0 Å². The number of hydrogen-bond donors (Lipinski definition) is 1. The van der Waals surface area contributed by atoms with E-state index in [0.29, 0.717) is 34.2 Å². The molecule has 0 bridgehead atoms. The van der Waals surface area contributed by atoms with Gasteiger partial charge in [0.1, 0.15) is 5.65 Å². The lowest BCUT2D eigenvalue weighted by molar-refractivity contribution is 0.103. The zero-order valence-electron chi connectivity index (χ0n) is 13.0. The molecule has 0 spiro atoms. The number of ketones is 1.